The first kappa shape index (κ1) is 23.2. The number of phenolic OH excluding ortho intramolecular Hbond substituents is 1. The fraction of sp³-hybridized carbons (Fsp3) is 0.458. The van der Waals surface area contributed by atoms with Gasteiger partial charge in [0.05, 0.1) is 26.4 Å². The first-order chi connectivity index (χ1) is 16.0. The summed E-state index contributed by atoms with van der Waals surface area (Å²) in [5, 5.41) is 23.8. The Hall–Kier alpha value is -3.01. The van der Waals surface area contributed by atoms with Crippen LogP contribution < -0.4 is 19.5 Å². The second kappa shape index (κ2) is 10.7. The number of aromatic hydroxyl groups is 1. The number of morpholine rings is 1. The second-order valence-electron chi connectivity index (χ2n) is 8.17. The first-order valence-corrected chi connectivity index (χ1v) is 11.0. The van der Waals surface area contributed by atoms with E-state index < -0.39 is 12.0 Å². The summed E-state index contributed by atoms with van der Waals surface area (Å²) in [4.78, 5) is 15.0. The average Bonchev–Trinajstić information content (AvgIpc) is 3.29. The van der Waals surface area contributed by atoms with Crippen molar-refractivity contribution in [2.45, 2.75) is 18.4 Å². The molecule has 9 heteroatoms. The fourth-order valence-corrected chi connectivity index (χ4v) is 4.11. The molecular weight excluding hydrogens is 428 g/mol. The predicted octanol–water partition coefficient (Wildman–Crippen LogP) is 1.46. The number of hydrogen-bond acceptors (Lipinski definition) is 8. The summed E-state index contributed by atoms with van der Waals surface area (Å²) in [6, 6.07) is 10.6. The highest BCUT2D eigenvalue weighted by molar-refractivity contribution is 5.78. The third-order valence-electron chi connectivity index (χ3n) is 5.91. The number of aliphatic hydroxyl groups excluding tert-OH is 1. The number of rotatable bonds is 9. The van der Waals surface area contributed by atoms with Crippen LogP contribution in [0, 0.1) is 0 Å². The Morgan fingerprint density at radius 3 is 2.55 bits per heavy atom. The van der Waals surface area contributed by atoms with E-state index in [1.165, 1.54) is 6.07 Å². The fourth-order valence-electron chi connectivity index (χ4n) is 4.11. The molecule has 0 saturated carbocycles. The summed E-state index contributed by atoms with van der Waals surface area (Å²) in [7, 11) is 1.59. The van der Waals surface area contributed by atoms with Crippen LogP contribution in [-0.4, -0.2) is 80.4 Å². The van der Waals surface area contributed by atoms with Crippen LogP contribution in [0.2, 0.25) is 0 Å². The number of nitrogens with zero attached hydrogens (tertiary/aromatic N) is 1. The van der Waals surface area contributed by atoms with Gasteiger partial charge in [-0.1, -0.05) is 12.1 Å². The lowest BCUT2D eigenvalue weighted by molar-refractivity contribution is -0.121. The van der Waals surface area contributed by atoms with Crippen LogP contribution in [0.4, 0.5) is 0 Å². The highest BCUT2D eigenvalue weighted by atomic mass is 16.7. The number of fused-ring (bicyclic) bond motifs is 1. The maximum atomic E-state index is 12.8. The molecule has 9 nitrogen and oxygen atoms in total. The summed E-state index contributed by atoms with van der Waals surface area (Å²) in [5.74, 6) is 1.07. The van der Waals surface area contributed by atoms with Crippen molar-refractivity contribution in [2.75, 3.05) is 53.3 Å². The smallest absolute Gasteiger partial charge is 0.231 e. The summed E-state index contributed by atoms with van der Waals surface area (Å²) < 4.78 is 21.4. The van der Waals surface area contributed by atoms with Crippen LogP contribution in [0.25, 0.3) is 0 Å². The molecule has 0 spiro atoms. The number of nitrogens with one attached hydrogen (secondary N) is 1. The van der Waals surface area contributed by atoms with Gasteiger partial charge < -0.3 is 34.5 Å². The molecule has 0 bridgehead atoms. The number of phenols is 1. The van der Waals surface area contributed by atoms with Crippen molar-refractivity contribution in [1.29, 1.82) is 0 Å². The Balaban J connectivity index is 1.46. The highest BCUT2D eigenvalue weighted by Crippen LogP contribution is 2.43. The number of β-amino-alcohol motifs (C(OH)–C–C–N with tert-alkyl or cyclic N) is 1. The lowest BCUT2D eigenvalue weighted by Gasteiger charge is -2.28. The van der Waals surface area contributed by atoms with Gasteiger partial charge in [0.1, 0.15) is 11.5 Å². The van der Waals surface area contributed by atoms with E-state index >= 15 is 0 Å². The van der Waals surface area contributed by atoms with E-state index in [4.69, 9.17) is 18.9 Å². The highest BCUT2D eigenvalue weighted by Gasteiger charge is 2.26. The molecule has 2 aromatic rings. The maximum absolute atomic E-state index is 12.8. The minimum atomic E-state index is -0.676. The molecule has 2 aliphatic rings. The molecule has 0 aromatic heterocycles. The van der Waals surface area contributed by atoms with Gasteiger partial charge in [-0.25, -0.2) is 0 Å². The Bertz CT molecular complexity index is 945. The largest absolute Gasteiger partial charge is 0.508 e. The van der Waals surface area contributed by atoms with Crippen molar-refractivity contribution in [3.8, 4) is 23.0 Å². The first-order valence-electron chi connectivity index (χ1n) is 11.0. The third kappa shape index (κ3) is 5.87. The SMILES string of the molecule is COc1ccc(C(CC(=O)NCC(O)CN2CCOCC2)c2cc3c(cc2O)OCO3)cc1. The van der Waals surface area contributed by atoms with Crippen molar-refractivity contribution >= 4 is 5.91 Å². The molecule has 2 unspecified atom stereocenters. The minimum absolute atomic E-state index is 0.0280. The van der Waals surface area contributed by atoms with Gasteiger partial charge in [0.25, 0.3) is 0 Å². The van der Waals surface area contributed by atoms with Crippen molar-refractivity contribution in [1.82, 2.24) is 10.2 Å². The van der Waals surface area contributed by atoms with Crippen LogP contribution in [0.1, 0.15) is 23.5 Å². The van der Waals surface area contributed by atoms with Crippen molar-refractivity contribution in [2.24, 2.45) is 0 Å². The molecule has 2 aliphatic heterocycles. The zero-order valence-corrected chi connectivity index (χ0v) is 18.7. The molecule has 33 heavy (non-hydrogen) atoms. The summed E-state index contributed by atoms with van der Waals surface area (Å²) in [6.07, 6.45) is -0.588. The number of methoxy groups -OCH3 is 1. The molecule has 1 fully saturated rings. The molecule has 3 N–H and O–H groups in total. The normalized spacial score (nSPS) is 17.4. The molecule has 178 valence electrons. The quantitative estimate of drug-likeness (QED) is 0.518. The van der Waals surface area contributed by atoms with Crippen LogP contribution in [0.15, 0.2) is 36.4 Å². The monoisotopic (exact) mass is 458 g/mol. The lowest BCUT2D eigenvalue weighted by atomic mass is 9.87. The van der Waals surface area contributed by atoms with E-state index in [-0.39, 0.29) is 31.4 Å². The molecular formula is C24H30N2O7. The Morgan fingerprint density at radius 2 is 1.85 bits per heavy atom. The van der Waals surface area contributed by atoms with E-state index in [0.29, 0.717) is 42.6 Å². The van der Waals surface area contributed by atoms with E-state index in [2.05, 4.69) is 10.2 Å². The van der Waals surface area contributed by atoms with Gasteiger partial charge in [-0.05, 0) is 23.8 Å². The average molecular weight is 459 g/mol. The Morgan fingerprint density at radius 1 is 1.15 bits per heavy atom. The van der Waals surface area contributed by atoms with E-state index in [1.54, 1.807) is 13.2 Å². The van der Waals surface area contributed by atoms with E-state index in [9.17, 15) is 15.0 Å². The number of carbonyl (C=O) groups excluding carboxylic acids is 1. The molecule has 4 rings (SSSR count). The molecule has 1 saturated heterocycles. The van der Waals surface area contributed by atoms with Crippen LogP contribution in [-0.2, 0) is 9.53 Å². The lowest BCUT2D eigenvalue weighted by Crippen LogP contribution is -2.44. The zero-order valence-electron chi connectivity index (χ0n) is 18.7. The van der Waals surface area contributed by atoms with Crippen molar-refractivity contribution in [3.05, 3.63) is 47.5 Å². The Kier molecular flexibility index (Phi) is 7.54. The van der Waals surface area contributed by atoms with Gasteiger partial charge in [-0.3, -0.25) is 9.69 Å². The third-order valence-corrected chi connectivity index (χ3v) is 5.91. The summed E-state index contributed by atoms with van der Waals surface area (Å²) in [5.41, 5.74) is 1.41. The Labute approximate surface area is 192 Å². The second-order valence-corrected chi connectivity index (χ2v) is 8.17. The van der Waals surface area contributed by atoms with Gasteiger partial charge in [0.2, 0.25) is 12.7 Å². The minimum Gasteiger partial charge on any atom is -0.508 e. The molecule has 2 aromatic carbocycles. The number of aliphatic hydroxyl groups is 1. The summed E-state index contributed by atoms with van der Waals surface area (Å²) in [6.45, 7) is 3.57. The molecule has 1 amide bonds. The molecule has 2 atom stereocenters. The van der Waals surface area contributed by atoms with Gasteiger partial charge in [0.15, 0.2) is 11.5 Å². The number of hydrogen-bond donors (Lipinski definition) is 3. The van der Waals surface area contributed by atoms with Gasteiger partial charge in [-0.2, -0.15) is 0 Å². The van der Waals surface area contributed by atoms with Crippen molar-refractivity contribution in [3.63, 3.8) is 0 Å². The van der Waals surface area contributed by atoms with Gasteiger partial charge >= 0.3 is 0 Å². The van der Waals surface area contributed by atoms with E-state index in [0.717, 1.165) is 18.7 Å². The van der Waals surface area contributed by atoms with Crippen LogP contribution in [0.5, 0.6) is 23.0 Å². The van der Waals surface area contributed by atoms with Crippen LogP contribution in [0.3, 0.4) is 0 Å². The molecule has 2 heterocycles. The topological polar surface area (TPSA) is 110 Å². The number of benzene rings is 2. The van der Waals surface area contributed by atoms with Crippen LogP contribution >= 0.6 is 0 Å². The molecule has 0 aliphatic carbocycles. The standard InChI is InChI=1S/C24H30N2O7/c1-30-18-4-2-16(3-5-18)19(20-10-22-23(12-21(20)28)33-15-32-22)11-24(29)25-13-17(27)14-26-6-8-31-9-7-26/h2-5,10,12,17,19,27-28H,6-9,11,13-15H2,1H3,(H,25,29). The number of ether oxygens (including phenoxy) is 4. The zero-order chi connectivity index (χ0) is 23.2. The van der Waals surface area contributed by atoms with E-state index in [1.807, 2.05) is 24.3 Å². The van der Waals surface area contributed by atoms with Gasteiger partial charge in [-0.15, -0.1) is 0 Å². The predicted molar refractivity (Wildman–Crippen MR) is 120 cm³/mol. The molecule has 0 radical (unpaired) electrons. The van der Waals surface area contributed by atoms with Crippen molar-refractivity contribution < 1.29 is 34.0 Å². The summed E-state index contributed by atoms with van der Waals surface area (Å²) >= 11 is 0. The number of amides is 1. The van der Waals surface area contributed by atoms with Gasteiger partial charge in [0, 0.05) is 50.1 Å². The number of carbonyl (C=O) groups is 1. The maximum Gasteiger partial charge on any atom is 0.231 e.